The normalized spacial score (nSPS) is 10.5. The molecule has 0 aliphatic heterocycles. The van der Waals surface area contributed by atoms with Crippen LogP contribution in [0, 0.1) is 13.8 Å². The second-order valence-corrected chi connectivity index (χ2v) is 7.64. The van der Waals surface area contributed by atoms with Crippen LogP contribution in [0.4, 0.5) is 17.1 Å². The van der Waals surface area contributed by atoms with Gasteiger partial charge in [-0.2, -0.15) is 0 Å². The van der Waals surface area contributed by atoms with E-state index in [0.29, 0.717) is 15.7 Å². The number of nitrogens with zero attached hydrogens (tertiary/aromatic N) is 1. The van der Waals surface area contributed by atoms with Gasteiger partial charge in [0.25, 0.3) is 0 Å². The van der Waals surface area contributed by atoms with Gasteiger partial charge in [0.2, 0.25) is 0 Å². The Kier molecular flexibility index (Phi) is 6.68. The maximum atomic E-state index is 5.95. The number of aromatic amines is 1. The Balaban J connectivity index is 0.000000176. The summed E-state index contributed by atoms with van der Waals surface area (Å²) in [6, 6.07) is 13.7. The number of rotatable bonds is 3. The van der Waals surface area contributed by atoms with Crippen LogP contribution in [0.5, 0.6) is 0 Å². The molecule has 0 aliphatic carbocycles. The lowest BCUT2D eigenvalue weighted by Gasteiger charge is -2.09. The number of nitrogens with one attached hydrogen (secondary N) is 2. The highest BCUT2D eigenvalue weighted by molar-refractivity contribution is 6.39. The SMILES string of the molecule is CCc1c[nH]c2c(C)cccc12.Cc1cc(Nc2cc(Cl)c(N)c(Cl)c2)ccn1. The number of aryl methyl sites for hydroxylation is 3. The van der Waals surface area contributed by atoms with Crippen molar-refractivity contribution in [2.45, 2.75) is 27.2 Å². The van der Waals surface area contributed by atoms with Crippen LogP contribution < -0.4 is 11.1 Å². The van der Waals surface area contributed by atoms with Gasteiger partial charge in [-0.1, -0.05) is 48.3 Å². The number of halogens is 2. The zero-order chi connectivity index (χ0) is 21.0. The van der Waals surface area contributed by atoms with Gasteiger partial charge in [0.1, 0.15) is 0 Å². The first-order valence-corrected chi connectivity index (χ1v) is 10.1. The number of fused-ring (bicyclic) bond motifs is 1. The predicted molar refractivity (Wildman–Crippen MR) is 126 cm³/mol. The average molecular weight is 427 g/mol. The van der Waals surface area contributed by atoms with Crippen molar-refractivity contribution in [1.29, 1.82) is 0 Å². The highest BCUT2D eigenvalue weighted by atomic mass is 35.5. The van der Waals surface area contributed by atoms with Crippen molar-refractivity contribution in [3.8, 4) is 0 Å². The van der Waals surface area contributed by atoms with E-state index in [-0.39, 0.29) is 0 Å². The third kappa shape index (κ3) is 5.03. The van der Waals surface area contributed by atoms with Crippen molar-refractivity contribution < 1.29 is 0 Å². The maximum absolute atomic E-state index is 5.95. The molecule has 2 aromatic heterocycles. The smallest absolute Gasteiger partial charge is 0.0694 e. The largest absolute Gasteiger partial charge is 0.396 e. The highest BCUT2D eigenvalue weighted by Gasteiger charge is 2.05. The Labute approximate surface area is 181 Å². The van der Waals surface area contributed by atoms with Gasteiger partial charge >= 0.3 is 0 Å². The van der Waals surface area contributed by atoms with Crippen molar-refractivity contribution in [2.75, 3.05) is 11.1 Å². The third-order valence-electron chi connectivity index (χ3n) is 4.65. The molecule has 4 aromatic rings. The lowest BCUT2D eigenvalue weighted by molar-refractivity contribution is 1.15. The molecule has 2 heterocycles. The Morgan fingerprint density at radius 1 is 1.03 bits per heavy atom. The molecule has 0 spiro atoms. The van der Waals surface area contributed by atoms with Gasteiger partial charge in [0, 0.05) is 40.4 Å². The molecule has 4 nitrogen and oxygen atoms in total. The van der Waals surface area contributed by atoms with Crippen LogP contribution in [0.25, 0.3) is 10.9 Å². The molecule has 4 N–H and O–H groups in total. The number of pyridine rings is 1. The fourth-order valence-corrected chi connectivity index (χ4v) is 3.59. The molecular weight excluding hydrogens is 403 g/mol. The summed E-state index contributed by atoms with van der Waals surface area (Å²) in [4.78, 5) is 7.43. The van der Waals surface area contributed by atoms with E-state index in [1.807, 2.05) is 19.1 Å². The second kappa shape index (κ2) is 9.21. The van der Waals surface area contributed by atoms with E-state index < -0.39 is 0 Å². The van der Waals surface area contributed by atoms with Gasteiger partial charge in [0.05, 0.1) is 15.7 Å². The van der Waals surface area contributed by atoms with Gasteiger partial charge in [-0.25, -0.2) is 0 Å². The summed E-state index contributed by atoms with van der Waals surface area (Å²) in [6.07, 6.45) is 4.94. The molecule has 0 unspecified atom stereocenters. The number of nitrogen functional groups attached to an aromatic ring is 1. The second-order valence-electron chi connectivity index (χ2n) is 6.83. The molecule has 0 saturated heterocycles. The fraction of sp³-hybridized carbons (Fsp3) is 0.174. The number of para-hydroxylation sites is 1. The number of aromatic nitrogens is 2. The molecule has 6 heteroatoms. The molecular formula is C23H24Cl2N4. The van der Waals surface area contributed by atoms with Gasteiger partial charge in [0.15, 0.2) is 0 Å². The first kappa shape index (κ1) is 21.0. The van der Waals surface area contributed by atoms with Gasteiger partial charge in [-0.05, 0) is 55.7 Å². The molecule has 150 valence electrons. The summed E-state index contributed by atoms with van der Waals surface area (Å²) in [5.74, 6) is 0. The summed E-state index contributed by atoms with van der Waals surface area (Å²) in [5, 5.41) is 5.43. The first-order chi connectivity index (χ1) is 13.9. The van der Waals surface area contributed by atoms with Crippen LogP contribution >= 0.6 is 23.2 Å². The molecule has 0 amide bonds. The van der Waals surface area contributed by atoms with E-state index in [0.717, 1.165) is 23.5 Å². The van der Waals surface area contributed by atoms with Crippen molar-refractivity contribution in [1.82, 2.24) is 9.97 Å². The van der Waals surface area contributed by atoms with Gasteiger partial charge in [-0.3, -0.25) is 4.98 Å². The Bertz CT molecular complexity index is 1110. The van der Waals surface area contributed by atoms with Crippen molar-refractivity contribution in [2.24, 2.45) is 0 Å². The predicted octanol–water partition coefficient (Wildman–Crippen LogP) is 7.06. The first-order valence-electron chi connectivity index (χ1n) is 9.38. The molecule has 29 heavy (non-hydrogen) atoms. The van der Waals surface area contributed by atoms with Crippen LogP contribution in [-0.2, 0) is 6.42 Å². The summed E-state index contributed by atoms with van der Waals surface area (Å²) in [7, 11) is 0. The molecule has 0 aliphatic rings. The van der Waals surface area contributed by atoms with E-state index in [1.165, 1.54) is 22.0 Å². The average Bonchev–Trinajstić information content (AvgIpc) is 3.11. The quantitative estimate of drug-likeness (QED) is 0.307. The summed E-state index contributed by atoms with van der Waals surface area (Å²) in [6.45, 7) is 6.25. The van der Waals surface area contributed by atoms with Gasteiger partial charge in [-0.15, -0.1) is 0 Å². The van der Waals surface area contributed by atoms with Crippen LogP contribution in [0.3, 0.4) is 0 Å². The minimum absolute atomic E-state index is 0.393. The van der Waals surface area contributed by atoms with E-state index in [2.05, 4.69) is 53.5 Å². The summed E-state index contributed by atoms with van der Waals surface area (Å²) < 4.78 is 0. The van der Waals surface area contributed by atoms with Crippen molar-refractivity contribution in [3.63, 3.8) is 0 Å². The summed E-state index contributed by atoms with van der Waals surface area (Å²) in [5.41, 5.74) is 12.7. The van der Waals surface area contributed by atoms with Crippen LogP contribution in [0.15, 0.2) is 54.9 Å². The topological polar surface area (TPSA) is 66.7 Å². The monoisotopic (exact) mass is 426 g/mol. The lowest BCUT2D eigenvalue weighted by atomic mass is 10.1. The maximum Gasteiger partial charge on any atom is 0.0694 e. The number of H-pyrrole nitrogens is 1. The minimum atomic E-state index is 0.393. The zero-order valence-corrected chi connectivity index (χ0v) is 18.2. The Hall–Kier alpha value is -2.69. The number of nitrogens with two attached hydrogens (primary N) is 1. The number of hydrogen-bond acceptors (Lipinski definition) is 3. The zero-order valence-electron chi connectivity index (χ0n) is 16.7. The fourth-order valence-electron chi connectivity index (χ4n) is 3.10. The molecule has 0 bridgehead atoms. The number of benzene rings is 2. The molecule has 0 fully saturated rings. The number of hydrogen-bond donors (Lipinski definition) is 3. The Morgan fingerprint density at radius 2 is 1.76 bits per heavy atom. The van der Waals surface area contributed by atoms with E-state index >= 15 is 0 Å². The molecule has 2 aromatic carbocycles. The minimum Gasteiger partial charge on any atom is -0.396 e. The molecule has 0 radical (unpaired) electrons. The standard InChI is InChI=1S/C12H11Cl2N3.C11H13N/c1-7-4-8(2-3-16-7)17-9-5-10(13)12(15)11(14)6-9;1-3-9-7-12-11-8(2)5-4-6-10(9)11/h2-6H,15H2,1H3,(H,16,17);4-7,12H,3H2,1-2H3. The molecule has 0 saturated carbocycles. The van der Waals surface area contributed by atoms with Gasteiger partial charge < -0.3 is 16.0 Å². The third-order valence-corrected chi connectivity index (χ3v) is 5.28. The van der Waals surface area contributed by atoms with Crippen LogP contribution in [-0.4, -0.2) is 9.97 Å². The van der Waals surface area contributed by atoms with Crippen LogP contribution in [0.1, 0.15) is 23.7 Å². The van der Waals surface area contributed by atoms with E-state index in [1.54, 1.807) is 18.3 Å². The summed E-state index contributed by atoms with van der Waals surface area (Å²) >= 11 is 11.9. The number of anilines is 3. The van der Waals surface area contributed by atoms with E-state index in [9.17, 15) is 0 Å². The van der Waals surface area contributed by atoms with Crippen molar-refractivity contribution in [3.05, 3.63) is 81.7 Å². The highest BCUT2D eigenvalue weighted by Crippen LogP contribution is 2.32. The molecule has 0 atom stereocenters. The van der Waals surface area contributed by atoms with Crippen LogP contribution in [0.2, 0.25) is 10.0 Å². The Morgan fingerprint density at radius 3 is 2.41 bits per heavy atom. The van der Waals surface area contributed by atoms with Crippen molar-refractivity contribution >= 4 is 51.2 Å². The lowest BCUT2D eigenvalue weighted by Crippen LogP contribution is -1.94. The van der Waals surface area contributed by atoms with E-state index in [4.69, 9.17) is 28.9 Å². The molecule has 4 rings (SSSR count).